The van der Waals surface area contributed by atoms with E-state index in [1.807, 2.05) is 11.8 Å². The Morgan fingerprint density at radius 3 is 2.06 bits per heavy atom. The molecule has 0 bridgehead atoms. The van der Waals surface area contributed by atoms with Crippen LogP contribution in [0.5, 0.6) is 0 Å². The van der Waals surface area contributed by atoms with Gasteiger partial charge in [-0.15, -0.1) is 0 Å². The molecule has 0 aliphatic rings. The Kier molecular flexibility index (Phi) is 4.69. The fourth-order valence-electron chi connectivity index (χ4n) is 1.97. The molecule has 0 fully saturated rings. The van der Waals surface area contributed by atoms with Gasteiger partial charge in [-0.2, -0.15) is 11.8 Å². The van der Waals surface area contributed by atoms with Gasteiger partial charge in [0.2, 0.25) is 0 Å². The molecule has 0 saturated carbocycles. The third-order valence-corrected chi connectivity index (χ3v) is 3.98. The topological polar surface area (TPSA) is 0 Å². The van der Waals surface area contributed by atoms with Crippen molar-refractivity contribution in [2.75, 3.05) is 5.75 Å². The molecule has 0 aromatic heterocycles. The number of benzene rings is 2. The second kappa shape index (κ2) is 6.51. The van der Waals surface area contributed by atoms with Crippen LogP contribution in [0.3, 0.4) is 0 Å². The van der Waals surface area contributed by atoms with E-state index in [4.69, 9.17) is 0 Å². The van der Waals surface area contributed by atoms with Gasteiger partial charge in [0, 0.05) is 5.25 Å². The van der Waals surface area contributed by atoms with E-state index in [0.717, 1.165) is 12.2 Å². The summed E-state index contributed by atoms with van der Waals surface area (Å²) in [6.45, 7) is 2.23. The molecule has 0 saturated heterocycles. The Labute approximate surface area is 108 Å². The summed E-state index contributed by atoms with van der Waals surface area (Å²) < 4.78 is 0. The molecule has 0 amide bonds. The lowest BCUT2D eigenvalue weighted by Gasteiger charge is -2.16. The van der Waals surface area contributed by atoms with Gasteiger partial charge >= 0.3 is 0 Å². The molecule has 2 rings (SSSR count). The van der Waals surface area contributed by atoms with Crippen LogP contribution in [0.4, 0.5) is 0 Å². The van der Waals surface area contributed by atoms with Gasteiger partial charge in [-0.25, -0.2) is 0 Å². The largest absolute Gasteiger partial charge is 0.154 e. The van der Waals surface area contributed by atoms with Crippen LogP contribution in [0.15, 0.2) is 60.7 Å². The average molecular weight is 242 g/mol. The van der Waals surface area contributed by atoms with E-state index in [9.17, 15) is 0 Å². The zero-order valence-electron chi connectivity index (χ0n) is 10.2. The van der Waals surface area contributed by atoms with E-state index < -0.39 is 0 Å². The van der Waals surface area contributed by atoms with Gasteiger partial charge in [-0.3, -0.25) is 0 Å². The second-order valence-electron chi connectivity index (χ2n) is 4.04. The van der Waals surface area contributed by atoms with Gasteiger partial charge in [0.05, 0.1) is 0 Å². The normalized spacial score (nSPS) is 12.3. The molecule has 0 N–H and O–H groups in total. The molecule has 88 valence electrons. The molecule has 1 unspecified atom stereocenters. The zero-order valence-corrected chi connectivity index (χ0v) is 11.0. The van der Waals surface area contributed by atoms with E-state index in [0.29, 0.717) is 5.25 Å². The van der Waals surface area contributed by atoms with E-state index in [2.05, 4.69) is 67.6 Å². The number of hydrogen-bond acceptors (Lipinski definition) is 1. The molecule has 0 radical (unpaired) electrons. The molecule has 0 nitrogen and oxygen atoms in total. The number of thioether (sulfide) groups is 1. The van der Waals surface area contributed by atoms with Crippen molar-refractivity contribution in [1.82, 2.24) is 0 Å². The van der Waals surface area contributed by atoms with E-state index in [1.54, 1.807) is 0 Å². The lowest BCUT2D eigenvalue weighted by atomic mass is 10.0. The summed E-state index contributed by atoms with van der Waals surface area (Å²) in [5.74, 6) is 1.16. The summed E-state index contributed by atoms with van der Waals surface area (Å²) in [6.07, 6.45) is 1.11. The van der Waals surface area contributed by atoms with E-state index >= 15 is 0 Å². The summed E-state index contributed by atoms with van der Waals surface area (Å²) in [5.41, 5.74) is 2.85. The first-order chi connectivity index (χ1) is 8.40. The fraction of sp³-hybridized carbons (Fsp3) is 0.250. The summed E-state index contributed by atoms with van der Waals surface area (Å²) in [7, 11) is 0. The molecule has 0 aliphatic carbocycles. The number of rotatable bonds is 5. The van der Waals surface area contributed by atoms with Gasteiger partial charge in [0.1, 0.15) is 0 Å². The van der Waals surface area contributed by atoms with Crippen molar-refractivity contribution < 1.29 is 0 Å². The van der Waals surface area contributed by atoms with Crippen molar-refractivity contribution in [3.05, 3.63) is 71.8 Å². The first-order valence-corrected chi connectivity index (χ1v) is 7.15. The number of hydrogen-bond donors (Lipinski definition) is 0. The highest BCUT2D eigenvalue weighted by Gasteiger charge is 2.11. The van der Waals surface area contributed by atoms with Gasteiger partial charge in [0.25, 0.3) is 0 Å². The maximum absolute atomic E-state index is 2.23. The van der Waals surface area contributed by atoms with E-state index in [1.165, 1.54) is 11.1 Å². The molecule has 2 aromatic rings. The van der Waals surface area contributed by atoms with Gasteiger partial charge in [-0.1, -0.05) is 67.6 Å². The summed E-state index contributed by atoms with van der Waals surface area (Å²) in [5, 5.41) is 0.573. The van der Waals surface area contributed by atoms with Crippen molar-refractivity contribution in [2.24, 2.45) is 0 Å². The Balaban J connectivity index is 2.13. The monoisotopic (exact) mass is 242 g/mol. The minimum Gasteiger partial charge on any atom is -0.154 e. The van der Waals surface area contributed by atoms with Crippen LogP contribution in [0.2, 0.25) is 0 Å². The highest BCUT2D eigenvalue weighted by Crippen LogP contribution is 2.31. The SMILES string of the molecule is CCSC(Cc1ccccc1)c1ccccc1. The summed E-state index contributed by atoms with van der Waals surface area (Å²) in [4.78, 5) is 0. The van der Waals surface area contributed by atoms with Crippen LogP contribution in [0.25, 0.3) is 0 Å². The first kappa shape index (κ1) is 12.3. The second-order valence-corrected chi connectivity index (χ2v) is 5.52. The molecular formula is C16H18S. The minimum absolute atomic E-state index is 0.573. The van der Waals surface area contributed by atoms with Gasteiger partial charge in [0.15, 0.2) is 0 Å². The Morgan fingerprint density at radius 2 is 1.47 bits per heavy atom. The molecular weight excluding hydrogens is 224 g/mol. The molecule has 1 atom stereocenters. The fourth-order valence-corrected chi connectivity index (χ4v) is 3.03. The predicted octanol–water partition coefficient (Wildman–Crippen LogP) is 4.72. The van der Waals surface area contributed by atoms with Crippen molar-refractivity contribution >= 4 is 11.8 Å². The van der Waals surface area contributed by atoms with Crippen molar-refractivity contribution in [3.8, 4) is 0 Å². The van der Waals surface area contributed by atoms with Crippen LogP contribution in [-0.2, 0) is 6.42 Å². The van der Waals surface area contributed by atoms with Crippen LogP contribution >= 0.6 is 11.8 Å². The van der Waals surface area contributed by atoms with E-state index in [-0.39, 0.29) is 0 Å². The van der Waals surface area contributed by atoms with Crippen LogP contribution < -0.4 is 0 Å². The average Bonchev–Trinajstić information content (AvgIpc) is 2.40. The zero-order chi connectivity index (χ0) is 11.9. The molecule has 0 heterocycles. The highest BCUT2D eigenvalue weighted by atomic mass is 32.2. The third kappa shape index (κ3) is 3.64. The van der Waals surface area contributed by atoms with Crippen molar-refractivity contribution in [1.29, 1.82) is 0 Å². The molecule has 0 aliphatic heterocycles. The van der Waals surface area contributed by atoms with Gasteiger partial charge < -0.3 is 0 Å². The van der Waals surface area contributed by atoms with Crippen LogP contribution in [0, 0.1) is 0 Å². The Morgan fingerprint density at radius 1 is 0.882 bits per heavy atom. The van der Waals surface area contributed by atoms with Crippen LogP contribution in [-0.4, -0.2) is 5.75 Å². The molecule has 0 spiro atoms. The minimum atomic E-state index is 0.573. The Hall–Kier alpha value is -1.21. The lowest BCUT2D eigenvalue weighted by molar-refractivity contribution is 0.932. The quantitative estimate of drug-likeness (QED) is 0.731. The summed E-state index contributed by atoms with van der Waals surface area (Å²) in [6, 6.07) is 21.5. The van der Waals surface area contributed by atoms with Crippen molar-refractivity contribution in [3.63, 3.8) is 0 Å². The van der Waals surface area contributed by atoms with Crippen molar-refractivity contribution in [2.45, 2.75) is 18.6 Å². The first-order valence-electron chi connectivity index (χ1n) is 6.10. The highest BCUT2D eigenvalue weighted by molar-refractivity contribution is 7.99. The third-order valence-electron chi connectivity index (χ3n) is 2.80. The molecule has 1 heteroatoms. The predicted molar refractivity (Wildman–Crippen MR) is 77.5 cm³/mol. The smallest absolute Gasteiger partial charge is 0.0337 e. The van der Waals surface area contributed by atoms with Gasteiger partial charge in [-0.05, 0) is 23.3 Å². The maximum Gasteiger partial charge on any atom is 0.0337 e. The molecule has 17 heavy (non-hydrogen) atoms. The standard InChI is InChI=1S/C16H18S/c1-2-17-16(15-11-7-4-8-12-15)13-14-9-5-3-6-10-14/h3-12,16H,2,13H2,1H3. The maximum atomic E-state index is 2.23. The lowest BCUT2D eigenvalue weighted by Crippen LogP contribution is -1.99. The molecule has 2 aromatic carbocycles. The summed E-state index contributed by atoms with van der Waals surface area (Å²) >= 11 is 2.02. The Bertz CT molecular complexity index is 422. The van der Waals surface area contributed by atoms with Crippen LogP contribution in [0.1, 0.15) is 23.3 Å².